The molecule has 0 amide bonds. The maximum absolute atomic E-state index is 11.3. The molecule has 1 rings (SSSR count). The number of Topliss-reactive ketones (excluding diaryl/α,β-unsaturated/α-hetero) is 1. The van der Waals surface area contributed by atoms with E-state index in [9.17, 15) is 9.90 Å². The van der Waals surface area contributed by atoms with Gasteiger partial charge >= 0.3 is 0 Å². The molecular formula is C9H10BrNO2. The SMILES string of the molecule is Nc1ccc(C(=O)CCBr)cc1O. The Kier molecular flexibility index (Phi) is 3.31. The highest BCUT2D eigenvalue weighted by atomic mass is 79.9. The van der Waals surface area contributed by atoms with Gasteiger partial charge in [-0.05, 0) is 18.2 Å². The van der Waals surface area contributed by atoms with Crippen LogP contribution in [0, 0.1) is 0 Å². The van der Waals surface area contributed by atoms with Gasteiger partial charge in [0.25, 0.3) is 0 Å². The van der Waals surface area contributed by atoms with Crippen molar-refractivity contribution in [3.63, 3.8) is 0 Å². The van der Waals surface area contributed by atoms with Crippen molar-refractivity contribution in [1.82, 2.24) is 0 Å². The lowest BCUT2D eigenvalue weighted by atomic mass is 10.1. The lowest BCUT2D eigenvalue weighted by Gasteiger charge is -2.01. The van der Waals surface area contributed by atoms with Crippen molar-refractivity contribution < 1.29 is 9.90 Å². The summed E-state index contributed by atoms with van der Waals surface area (Å²) >= 11 is 3.17. The first-order valence-corrected chi connectivity index (χ1v) is 4.95. The molecule has 1 aromatic carbocycles. The van der Waals surface area contributed by atoms with E-state index in [1.54, 1.807) is 6.07 Å². The van der Waals surface area contributed by atoms with E-state index in [0.29, 0.717) is 17.3 Å². The van der Waals surface area contributed by atoms with E-state index in [2.05, 4.69) is 15.9 Å². The molecule has 0 atom stereocenters. The Morgan fingerprint density at radius 2 is 2.23 bits per heavy atom. The number of hydrogen-bond donors (Lipinski definition) is 2. The minimum Gasteiger partial charge on any atom is -0.506 e. The molecule has 0 aliphatic heterocycles. The number of benzene rings is 1. The first-order valence-electron chi connectivity index (χ1n) is 3.83. The highest BCUT2D eigenvalue weighted by molar-refractivity contribution is 9.09. The Balaban J connectivity index is 2.90. The van der Waals surface area contributed by atoms with E-state index in [1.165, 1.54) is 12.1 Å². The number of phenolic OH excluding ortho intramolecular Hbond substituents is 1. The smallest absolute Gasteiger partial charge is 0.163 e. The number of halogens is 1. The first-order chi connectivity index (χ1) is 6.15. The Morgan fingerprint density at radius 1 is 1.54 bits per heavy atom. The minimum atomic E-state index is -0.0413. The highest BCUT2D eigenvalue weighted by Crippen LogP contribution is 2.21. The second kappa shape index (κ2) is 4.28. The summed E-state index contributed by atoms with van der Waals surface area (Å²) in [7, 11) is 0. The monoisotopic (exact) mass is 243 g/mol. The van der Waals surface area contributed by atoms with Crippen molar-refractivity contribution >= 4 is 27.4 Å². The van der Waals surface area contributed by atoms with Crippen LogP contribution in [0.1, 0.15) is 16.8 Å². The number of anilines is 1. The van der Waals surface area contributed by atoms with Gasteiger partial charge in [-0.15, -0.1) is 0 Å². The molecule has 70 valence electrons. The van der Waals surface area contributed by atoms with Crippen molar-refractivity contribution in [3.05, 3.63) is 23.8 Å². The number of phenols is 1. The lowest BCUT2D eigenvalue weighted by molar-refractivity contribution is 0.0989. The summed E-state index contributed by atoms with van der Waals surface area (Å²) in [5, 5.41) is 9.85. The van der Waals surface area contributed by atoms with Crippen LogP contribution >= 0.6 is 15.9 Å². The molecule has 0 bridgehead atoms. The molecule has 0 radical (unpaired) electrons. The van der Waals surface area contributed by atoms with E-state index in [-0.39, 0.29) is 17.2 Å². The summed E-state index contributed by atoms with van der Waals surface area (Å²) in [6, 6.07) is 4.52. The molecule has 0 aromatic heterocycles. The quantitative estimate of drug-likeness (QED) is 0.369. The Bertz CT molecular complexity index is 325. The molecule has 0 saturated heterocycles. The lowest BCUT2D eigenvalue weighted by Crippen LogP contribution is -1.99. The summed E-state index contributed by atoms with van der Waals surface area (Å²) < 4.78 is 0. The van der Waals surface area contributed by atoms with Gasteiger partial charge in [0.05, 0.1) is 5.69 Å². The summed E-state index contributed by atoms with van der Waals surface area (Å²) in [4.78, 5) is 11.3. The molecule has 13 heavy (non-hydrogen) atoms. The van der Waals surface area contributed by atoms with Gasteiger partial charge in [0.15, 0.2) is 5.78 Å². The minimum absolute atomic E-state index is 0.00725. The molecule has 0 aliphatic rings. The fourth-order valence-electron chi connectivity index (χ4n) is 0.947. The maximum atomic E-state index is 11.3. The topological polar surface area (TPSA) is 63.3 Å². The van der Waals surface area contributed by atoms with Crippen LogP contribution in [-0.2, 0) is 0 Å². The van der Waals surface area contributed by atoms with Crippen molar-refractivity contribution in [3.8, 4) is 5.75 Å². The fourth-order valence-corrected chi connectivity index (χ4v) is 1.31. The summed E-state index contributed by atoms with van der Waals surface area (Å²) in [5.74, 6) is -0.0485. The number of hydrogen-bond acceptors (Lipinski definition) is 3. The number of carbonyl (C=O) groups is 1. The van der Waals surface area contributed by atoms with Crippen LogP contribution in [0.15, 0.2) is 18.2 Å². The van der Waals surface area contributed by atoms with Crippen LogP contribution in [0.4, 0.5) is 5.69 Å². The predicted molar refractivity (Wildman–Crippen MR) is 55.3 cm³/mol. The van der Waals surface area contributed by atoms with Crippen LogP contribution in [-0.4, -0.2) is 16.2 Å². The zero-order chi connectivity index (χ0) is 9.84. The van der Waals surface area contributed by atoms with Crippen molar-refractivity contribution in [2.45, 2.75) is 6.42 Å². The van der Waals surface area contributed by atoms with Crippen molar-refractivity contribution in [2.75, 3.05) is 11.1 Å². The second-order valence-electron chi connectivity index (χ2n) is 2.64. The number of rotatable bonds is 3. The number of nitrogen functional groups attached to an aromatic ring is 1. The van der Waals surface area contributed by atoms with Gasteiger partial charge in [-0.1, -0.05) is 15.9 Å². The van der Waals surface area contributed by atoms with Gasteiger partial charge in [0.1, 0.15) is 5.75 Å². The van der Waals surface area contributed by atoms with E-state index in [1.807, 2.05) is 0 Å². The van der Waals surface area contributed by atoms with E-state index >= 15 is 0 Å². The zero-order valence-corrected chi connectivity index (χ0v) is 8.54. The van der Waals surface area contributed by atoms with Gasteiger partial charge in [-0.25, -0.2) is 0 Å². The van der Waals surface area contributed by atoms with Crippen LogP contribution in [0.25, 0.3) is 0 Å². The van der Waals surface area contributed by atoms with Crippen LogP contribution in [0.2, 0.25) is 0 Å². The van der Waals surface area contributed by atoms with Gasteiger partial charge in [-0.3, -0.25) is 4.79 Å². The molecule has 0 heterocycles. The van der Waals surface area contributed by atoms with E-state index < -0.39 is 0 Å². The molecule has 0 fully saturated rings. The largest absolute Gasteiger partial charge is 0.506 e. The predicted octanol–water partition coefficient (Wildman–Crippen LogP) is 1.94. The standard InChI is InChI=1S/C9H10BrNO2/c10-4-3-8(12)6-1-2-7(11)9(13)5-6/h1-2,5,13H,3-4,11H2. The molecule has 0 spiro atoms. The van der Waals surface area contributed by atoms with Gasteiger partial charge in [0.2, 0.25) is 0 Å². The van der Waals surface area contributed by atoms with Gasteiger partial charge in [-0.2, -0.15) is 0 Å². The third-order valence-electron chi connectivity index (χ3n) is 1.67. The van der Waals surface area contributed by atoms with E-state index in [4.69, 9.17) is 5.73 Å². The Morgan fingerprint density at radius 3 is 2.77 bits per heavy atom. The third-order valence-corrected chi connectivity index (χ3v) is 2.07. The van der Waals surface area contributed by atoms with E-state index in [0.717, 1.165) is 0 Å². The zero-order valence-electron chi connectivity index (χ0n) is 6.96. The number of nitrogens with two attached hydrogens (primary N) is 1. The average Bonchev–Trinajstić information content (AvgIpc) is 2.10. The number of carbonyl (C=O) groups excluding carboxylic acids is 1. The molecule has 0 aliphatic carbocycles. The molecular weight excluding hydrogens is 234 g/mol. The molecule has 1 aromatic rings. The molecule has 3 N–H and O–H groups in total. The first kappa shape index (κ1) is 10.1. The fraction of sp³-hybridized carbons (Fsp3) is 0.222. The molecule has 0 saturated carbocycles. The Hall–Kier alpha value is -1.03. The average molecular weight is 244 g/mol. The summed E-state index contributed by atoms with van der Waals surface area (Å²) in [6.45, 7) is 0. The van der Waals surface area contributed by atoms with Gasteiger partial charge in [0, 0.05) is 17.3 Å². The molecule has 3 nitrogen and oxygen atoms in total. The maximum Gasteiger partial charge on any atom is 0.163 e. The molecule has 4 heteroatoms. The normalized spacial score (nSPS) is 9.92. The molecule has 0 unspecified atom stereocenters. The number of alkyl halides is 1. The van der Waals surface area contributed by atoms with Crippen molar-refractivity contribution in [1.29, 1.82) is 0 Å². The Labute approximate surface area is 84.7 Å². The van der Waals surface area contributed by atoms with Crippen LogP contribution < -0.4 is 5.73 Å². The summed E-state index contributed by atoms with van der Waals surface area (Å²) in [5.41, 5.74) is 6.17. The number of ketones is 1. The summed E-state index contributed by atoms with van der Waals surface area (Å²) in [6.07, 6.45) is 0.420. The van der Waals surface area contributed by atoms with Crippen LogP contribution in [0.5, 0.6) is 5.75 Å². The second-order valence-corrected chi connectivity index (χ2v) is 3.43. The highest BCUT2D eigenvalue weighted by Gasteiger charge is 2.06. The van der Waals surface area contributed by atoms with Gasteiger partial charge < -0.3 is 10.8 Å². The van der Waals surface area contributed by atoms with Crippen molar-refractivity contribution in [2.24, 2.45) is 0 Å². The number of aromatic hydroxyl groups is 1. The van der Waals surface area contributed by atoms with Crippen LogP contribution in [0.3, 0.4) is 0 Å². The third kappa shape index (κ3) is 2.45.